The molecule has 0 aliphatic carbocycles. The molecule has 0 atom stereocenters. The first kappa shape index (κ1) is 19.6. The number of hydrogen-bond acceptors (Lipinski definition) is 6. The van der Waals surface area contributed by atoms with Gasteiger partial charge in [0.2, 0.25) is 0 Å². The first-order valence-electron chi connectivity index (χ1n) is 8.51. The summed E-state index contributed by atoms with van der Waals surface area (Å²) in [6.45, 7) is -0.00174. The number of aromatic nitrogens is 2. The van der Waals surface area contributed by atoms with E-state index in [-0.39, 0.29) is 11.6 Å². The fourth-order valence-corrected chi connectivity index (χ4v) is 3.08. The van der Waals surface area contributed by atoms with Crippen molar-refractivity contribution in [1.29, 1.82) is 0 Å². The first-order chi connectivity index (χ1) is 13.5. The van der Waals surface area contributed by atoms with Gasteiger partial charge in [-0.05, 0) is 30.0 Å². The number of benzene rings is 2. The van der Waals surface area contributed by atoms with E-state index in [9.17, 15) is 14.4 Å². The molecule has 144 valence electrons. The third kappa shape index (κ3) is 4.40. The summed E-state index contributed by atoms with van der Waals surface area (Å²) < 4.78 is 5.12. The smallest absolute Gasteiger partial charge is 0.359 e. The van der Waals surface area contributed by atoms with Gasteiger partial charge in [-0.1, -0.05) is 30.3 Å². The molecule has 0 spiro atoms. The number of aromatic amines is 1. The molecular formula is C20H19N3O4S. The number of thioether (sulfide) groups is 1. The summed E-state index contributed by atoms with van der Waals surface area (Å²) in [6.07, 6.45) is 2.00. The van der Waals surface area contributed by atoms with Crippen LogP contribution in [0, 0.1) is 0 Å². The van der Waals surface area contributed by atoms with Crippen molar-refractivity contribution in [3.63, 3.8) is 0 Å². The Morgan fingerprint density at radius 1 is 1.11 bits per heavy atom. The van der Waals surface area contributed by atoms with Gasteiger partial charge in [-0.25, -0.2) is 9.89 Å². The fourth-order valence-electron chi connectivity index (χ4n) is 2.67. The topological polar surface area (TPSA) is 92.4 Å². The van der Waals surface area contributed by atoms with Crippen LogP contribution in [0.15, 0.2) is 58.2 Å². The molecule has 3 aromatic rings. The molecule has 0 fully saturated rings. The van der Waals surface area contributed by atoms with Crippen molar-refractivity contribution >= 4 is 34.4 Å². The number of likely N-dealkylation sites (N-methyl/N-ethyl adjacent to an activating group) is 1. The highest BCUT2D eigenvalue weighted by molar-refractivity contribution is 7.98. The van der Waals surface area contributed by atoms with Crippen molar-refractivity contribution in [2.24, 2.45) is 0 Å². The van der Waals surface area contributed by atoms with Crippen LogP contribution >= 0.6 is 11.8 Å². The lowest BCUT2D eigenvalue weighted by molar-refractivity contribution is -0.133. The lowest BCUT2D eigenvalue weighted by atomic mass is 10.1. The second kappa shape index (κ2) is 8.71. The van der Waals surface area contributed by atoms with Crippen LogP contribution in [-0.4, -0.2) is 46.9 Å². The number of carbonyl (C=O) groups is 2. The number of ether oxygens (including phenoxy) is 1. The maximum absolute atomic E-state index is 12.3. The van der Waals surface area contributed by atoms with Gasteiger partial charge in [0.15, 0.2) is 12.3 Å². The zero-order chi connectivity index (χ0) is 20.1. The third-order valence-corrected chi connectivity index (χ3v) is 4.96. The first-order valence-corrected chi connectivity index (χ1v) is 9.73. The number of nitrogens with zero attached hydrogens (tertiary/aromatic N) is 2. The van der Waals surface area contributed by atoms with Crippen molar-refractivity contribution in [2.75, 3.05) is 19.9 Å². The number of amides is 1. The number of H-pyrrole nitrogens is 1. The average molecular weight is 397 g/mol. The molecule has 0 aliphatic rings. The van der Waals surface area contributed by atoms with Crippen molar-refractivity contribution in [3.05, 3.63) is 70.1 Å². The van der Waals surface area contributed by atoms with E-state index in [1.807, 2.05) is 30.5 Å². The maximum atomic E-state index is 12.3. The van der Waals surface area contributed by atoms with Gasteiger partial charge in [0, 0.05) is 23.9 Å². The minimum Gasteiger partial charge on any atom is -0.451 e. The van der Waals surface area contributed by atoms with Crippen LogP contribution in [0.25, 0.3) is 10.8 Å². The lowest BCUT2D eigenvalue weighted by Gasteiger charge is -2.17. The predicted molar refractivity (Wildman–Crippen MR) is 107 cm³/mol. The standard InChI is InChI=1S/C20H19N3O4S/c1-23(11-13-7-9-14(28-2)10-8-13)17(24)12-27-20(26)18-15-5-3-4-6-16(15)19(25)22-21-18/h3-10H,11-12H2,1-2H3,(H,22,25). The molecule has 2 aromatic carbocycles. The Kier molecular flexibility index (Phi) is 6.10. The highest BCUT2D eigenvalue weighted by Crippen LogP contribution is 2.16. The Morgan fingerprint density at radius 3 is 2.46 bits per heavy atom. The Labute approximate surface area is 165 Å². The summed E-state index contributed by atoms with van der Waals surface area (Å²) in [5.74, 6) is -1.10. The highest BCUT2D eigenvalue weighted by Gasteiger charge is 2.18. The lowest BCUT2D eigenvalue weighted by Crippen LogP contribution is -2.31. The summed E-state index contributed by atoms with van der Waals surface area (Å²) in [5.41, 5.74) is 0.557. The molecule has 0 saturated carbocycles. The molecule has 0 radical (unpaired) electrons. The highest BCUT2D eigenvalue weighted by atomic mass is 32.2. The molecule has 0 saturated heterocycles. The Hall–Kier alpha value is -3.13. The monoisotopic (exact) mass is 397 g/mol. The SMILES string of the molecule is CSc1ccc(CN(C)C(=O)COC(=O)c2n[nH]c(=O)c3ccccc23)cc1. The van der Waals surface area contributed by atoms with E-state index in [1.54, 1.807) is 43.1 Å². The molecule has 28 heavy (non-hydrogen) atoms. The van der Waals surface area contributed by atoms with E-state index in [4.69, 9.17) is 4.74 Å². The Morgan fingerprint density at radius 2 is 1.79 bits per heavy atom. The number of esters is 1. The van der Waals surface area contributed by atoms with E-state index in [0.29, 0.717) is 17.3 Å². The molecule has 0 bridgehead atoms. The second-order valence-corrected chi connectivity index (χ2v) is 7.00. The van der Waals surface area contributed by atoms with Crippen LogP contribution in [0.3, 0.4) is 0 Å². The number of fused-ring (bicyclic) bond motifs is 1. The number of hydrogen-bond donors (Lipinski definition) is 1. The van der Waals surface area contributed by atoms with Crippen molar-refractivity contribution in [3.8, 4) is 0 Å². The quantitative estimate of drug-likeness (QED) is 0.507. The summed E-state index contributed by atoms with van der Waals surface area (Å²) >= 11 is 1.65. The summed E-state index contributed by atoms with van der Waals surface area (Å²) in [7, 11) is 1.65. The molecule has 1 amide bonds. The molecule has 7 nitrogen and oxygen atoms in total. The van der Waals surface area contributed by atoms with Gasteiger partial charge in [0.1, 0.15) is 0 Å². The molecule has 1 aromatic heterocycles. The van der Waals surface area contributed by atoms with E-state index in [0.717, 1.165) is 10.5 Å². The van der Waals surface area contributed by atoms with Gasteiger partial charge >= 0.3 is 5.97 Å². The molecule has 1 heterocycles. The summed E-state index contributed by atoms with van der Waals surface area (Å²) in [6, 6.07) is 14.5. The number of rotatable bonds is 6. The Bertz CT molecular complexity index is 1060. The van der Waals surface area contributed by atoms with Crippen LogP contribution in [0.5, 0.6) is 0 Å². The zero-order valence-corrected chi connectivity index (χ0v) is 16.3. The fraction of sp³-hybridized carbons (Fsp3) is 0.200. The molecule has 0 aliphatic heterocycles. The minimum absolute atomic E-state index is 0.0293. The van der Waals surface area contributed by atoms with Crippen LogP contribution in [-0.2, 0) is 16.1 Å². The Balaban J connectivity index is 1.63. The molecule has 8 heteroatoms. The largest absolute Gasteiger partial charge is 0.451 e. The van der Waals surface area contributed by atoms with Gasteiger partial charge in [0.25, 0.3) is 11.5 Å². The second-order valence-electron chi connectivity index (χ2n) is 6.12. The molecular weight excluding hydrogens is 378 g/mol. The van der Waals surface area contributed by atoms with E-state index >= 15 is 0 Å². The zero-order valence-electron chi connectivity index (χ0n) is 15.5. The van der Waals surface area contributed by atoms with Crippen molar-refractivity contribution in [2.45, 2.75) is 11.4 Å². The van der Waals surface area contributed by atoms with E-state index in [1.165, 1.54) is 4.90 Å². The summed E-state index contributed by atoms with van der Waals surface area (Å²) in [5, 5.41) is 6.76. The van der Waals surface area contributed by atoms with E-state index < -0.39 is 18.1 Å². The number of nitrogens with one attached hydrogen (secondary N) is 1. The van der Waals surface area contributed by atoms with Gasteiger partial charge in [-0.2, -0.15) is 5.10 Å². The van der Waals surface area contributed by atoms with Gasteiger partial charge < -0.3 is 9.64 Å². The maximum Gasteiger partial charge on any atom is 0.359 e. The summed E-state index contributed by atoms with van der Waals surface area (Å²) in [4.78, 5) is 39.1. The minimum atomic E-state index is -0.765. The molecule has 0 unspecified atom stereocenters. The van der Waals surface area contributed by atoms with Crippen LogP contribution in [0.1, 0.15) is 16.1 Å². The normalized spacial score (nSPS) is 10.6. The van der Waals surface area contributed by atoms with Crippen molar-refractivity contribution < 1.29 is 14.3 Å². The molecule has 3 rings (SSSR count). The molecule has 1 N–H and O–H groups in total. The van der Waals surface area contributed by atoms with Crippen LogP contribution in [0.4, 0.5) is 0 Å². The van der Waals surface area contributed by atoms with Crippen molar-refractivity contribution in [1.82, 2.24) is 15.1 Å². The van der Waals surface area contributed by atoms with Gasteiger partial charge in [-0.15, -0.1) is 11.8 Å². The predicted octanol–water partition coefficient (Wildman–Crippen LogP) is 2.46. The van der Waals surface area contributed by atoms with Gasteiger partial charge in [0.05, 0.1) is 5.39 Å². The van der Waals surface area contributed by atoms with Gasteiger partial charge in [-0.3, -0.25) is 9.59 Å². The van der Waals surface area contributed by atoms with Crippen LogP contribution < -0.4 is 5.56 Å². The third-order valence-electron chi connectivity index (χ3n) is 4.22. The number of carbonyl (C=O) groups excluding carboxylic acids is 2. The van der Waals surface area contributed by atoms with E-state index in [2.05, 4.69) is 10.2 Å². The van der Waals surface area contributed by atoms with Crippen LogP contribution in [0.2, 0.25) is 0 Å². The average Bonchev–Trinajstić information content (AvgIpc) is 2.72.